The Morgan fingerprint density at radius 3 is 2.54 bits per heavy atom. The molecule has 2 heterocycles. The maximum Gasteiger partial charge on any atom is 0.238 e. The van der Waals surface area contributed by atoms with Gasteiger partial charge >= 0.3 is 0 Å². The van der Waals surface area contributed by atoms with Crippen molar-refractivity contribution in [2.75, 3.05) is 19.0 Å². The molecule has 0 N–H and O–H groups in total. The Morgan fingerprint density at radius 1 is 1.17 bits per heavy atom. The first-order valence-electron chi connectivity index (χ1n) is 8.40. The highest BCUT2D eigenvalue weighted by molar-refractivity contribution is 7.09. The Balaban J connectivity index is 1.57. The molecule has 2 aromatic rings. The molecule has 1 aliphatic heterocycles. The average molecular weight is 363 g/mol. The van der Waals surface area contributed by atoms with Gasteiger partial charge in [-0.25, -0.2) is 0 Å². The lowest BCUT2D eigenvalue weighted by molar-refractivity contribution is -0.132. The maximum absolute atomic E-state index is 12.3. The summed E-state index contributed by atoms with van der Waals surface area (Å²) in [6, 6.07) is 15.0. The number of halogens is 1. The molecular formula is C19H23ClN2OS. The zero-order valence-electron chi connectivity index (χ0n) is 13.7. The fraction of sp³-hybridized carbons (Fsp3) is 0.421. The minimum atomic E-state index is 0.0478. The summed E-state index contributed by atoms with van der Waals surface area (Å²) in [6.45, 7) is 3.72. The second-order valence-corrected chi connectivity index (χ2v) is 7.53. The number of thiophene rings is 1. The first kappa shape index (κ1) is 17.5. The molecule has 3 nitrogen and oxygen atoms in total. The van der Waals surface area contributed by atoms with Crippen molar-refractivity contribution in [3.63, 3.8) is 0 Å². The monoisotopic (exact) mass is 362 g/mol. The third kappa shape index (κ3) is 4.59. The molecule has 0 unspecified atom stereocenters. The zero-order chi connectivity index (χ0) is 16.8. The fourth-order valence-electron chi connectivity index (χ4n) is 3.30. The number of likely N-dealkylation sites (tertiary alicyclic amines) is 1. The van der Waals surface area contributed by atoms with Gasteiger partial charge in [-0.3, -0.25) is 9.69 Å². The van der Waals surface area contributed by atoms with Crippen LogP contribution in [0.3, 0.4) is 0 Å². The van der Waals surface area contributed by atoms with Crippen molar-refractivity contribution < 1.29 is 4.79 Å². The van der Waals surface area contributed by atoms with E-state index in [1.807, 2.05) is 11.0 Å². The smallest absolute Gasteiger partial charge is 0.238 e. The highest BCUT2D eigenvalue weighted by Crippen LogP contribution is 2.22. The third-order valence-corrected chi connectivity index (χ3v) is 5.68. The number of piperidine rings is 1. The quantitative estimate of drug-likeness (QED) is 0.725. The van der Waals surface area contributed by atoms with Gasteiger partial charge in [-0.1, -0.05) is 36.4 Å². The van der Waals surface area contributed by atoms with Crippen LogP contribution in [0.25, 0.3) is 0 Å². The van der Waals surface area contributed by atoms with Crippen LogP contribution in [0.5, 0.6) is 0 Å². The molecular weight excluding hydrogens is 340 g/mol. The first-order valence-corrected chi connectivity index (χ1v) is 9.82. The van der Waals surface area contributed by atoms with Crippen molar-refractivity contribution in [3.05, 3.63) is 58.3 Å². The van der Waals surface area contributed by atoms with E-state index in [9.17, 15) is 4.79 Å². The van der Waals surface area contributed by atoms with Crippen molar-refractivity contribution in [2.24, 2.45) is 0 Å². The molecule has 3 rings (SSSR count). The number of benzene rings is 1. The maximum atomic E-state index is 12.3. The van der Waals surface area contributed by atoms with Crippen molar-refractivity contribution in [2.45, 2.75) is 32.0 Å². The SMILES string of the molecule is O=C(CCl)N(Cc1cccs1)C1CCN(Cc2ccccc2)CC1. The van der Waals surface area contributed by atoms with Gasteiger partial charge in [0, 0.05) is 30.6 Å². The minimum absolute atomic E-state index is 0.0478. The summed E-state index contributed by atoms with van der Waals surface area (Å²) in [5, 5.41) is 2.06. The van der Waals surface area contributed by atoms with Crippen molar-refractivity contribution in [3.8, 4) is 0 Å². The van der Waals surface area contributed by atoms with Gasteiger partial charge in [0.25, 0.3) is 0 Å². The van der Waals surface area contributed by atoms with Crippen LogP contribution in [-0.4, -0.2) is 40.7 Å². The van der Waals surface area contributed by atoms with Crippen LogP contribution in [0, 0.1) is 0 Å². The summed E-state index contributed by atoms with van der Waals surface area (Å²) >= 11 is 7.54. The van der Waals surface area contributed by atoms with Crippen LogP contribution in [0.4, 0.5) is 0 Å². The van der Waals surface area contributed by atoms with E-state index in [2.05, 4.69) is 46.7 Å². The zero-order valence-corrected chi connectivity index (χ0v) is 15.3. The Labute approximate surface area is 152 Å². The summed E-state index contributed by atoms with van der Waals surface area (Å²) in [4.78, 5) is 18.0. The number of hydrogen-bond acceptors (Lipinski definition) is 3. The summed E-state index contributed by atoms with van der Waals surface area (Å²) in [5.41, 5.74) is 1.35. The van der Waals surface area contributed by atoms with E-state index in [-0.39, 0.29) is 11.8 Å². The molecule has 0 bridgehead atoms. The molecule has 24 heavy (non-hydrogen) atoms. The number of hydrogen-bond donors (Lipinski definition) is 0. The summed E-state index contributed by atoms with van der Waals surface area (Å²) in [5.74, 6) is 0.113. The molecule has 128 valence electrons. The van der Waals surface area contributed by atoms with Gasteiger partial charge < -0.3 is 4.90 Å². The summed E-state index contributed by atoms with van der Waals surface area (Å²) in [6.07, 6.45) is 2.03. The van der Waals surface area contributed by atoms with Crippen LogP contribution >= 0.6 is 22.9 Å². The highest BCUT2D eigenvalue weighted by Gasteiger charge is 2.27. The van der Waals surface area contributed by atoms with Gasteiger partial charge in [0.1, 0.15) is 5.88 Å². The molecule has 0 spiro atoms. The first-order chi connectivity index (χ1) is 11.8. The Morgan fingerprint density at radius 2 is 1.92 bits per heavy atom. The van der Waals surface area contributed by atoms with Gasteiger partial charge in [-0.2, -0.15) is 0 Å². The van der Waals surface area contributed by atoms with E-state index in [0.29, 0.717) is 12.6 Å². The summed E-state index contributed by atoms with van der Waals surface area (Å²) in [7, 11) is 0. The number of carbonyl (C=O) groups is 1. The lowest BCUT2D eigenvalue weighted by Gasteiger charge is -2.38. The lowest BCUT2D eigenvalue weighted by Crippen LogP contribution is -2.47. The molecule has 0 saturated carbocycles. The van der Waals surface area contributed by atoms with Crippen molar-refractivity contribution in [1.82, 2.24) is 9.80 Å². The Hall–Kier alpha value is -1.36. The molecule has 0 radical (unpaired) electrons. The van der Waals surface area contributed by atoms with E-state index in [4.69, 9.17) is 11.6 Å². The van der Waals surface area contributed by atoms with Gasteiger partial charge in [0.15, 0.2) is 0 Å². The van der Waals surface area contributed by atoms with Crippen molar-refractivity contribution >= 4 is 28.8 Å². The number of amides is 1. The van der Waals surface area contributed by atoms with Crippen LogP contribution in [0.2, 0.25) is 0 Å². The van der Waals surface area contributed by atoms with Crippen LogP contribution in [0.15, 0.2) is 47.8 Å². The highest BCUT2D eigenvalue weighted by atomic mass is 35.5. The molecule has 1 aliphatic rings. The number of alkyl halides is 1. The second kappa shape index (κ2) is 8.65. The van der Waals surface area contributed by atoms with Crippen LogP contribution < -0.4 is 0 Å². The lowest BCUT2D eigenvalue weighted by atomic mass is 10.0. The Kier molecular flexibility index (Phi) is 6.30. The van der Waals surface area contributed by atoms with Gasteiger partial charge in [-0.15, -0.1) is 22.9 Å². The van der Waals surface area contributed by atoms with E-state index < -0.39 is 0 Å². The van der Waals surface area contributed by atoms with Gasteiger partial charge in [0.05, 0.1) is 6.54 Å². The summed E-state index contributed by atoms with van der Waals surface area (Å²) < 4.78 is 0. The normalized spacial score (nSPS) is 16.2. The number of nitrogens with zero attached hydrogens (tertiary/aromatic N) is 2. The van der Waals surface area contributed by atoms with Crippen LogP contribution in [0.1, 0.15) is 23.3 Å². The molecule has 1 aromatic carbocycles. The third-order valence-electron chi connectivity index (χ3n) is 4.59. The standard InChI is InChI=1S/C19H23ClN2OS/c20-13-19(23)22(15-18-7-4-12-24-18)17-8-10-21(11-9-17)14-16-5-2-1-3-6-16/h1-7,12,17H,8-11,13-15H2. The van der Waals surface area contributed by atoms with Gasteiger partial charge in [0.2, 0.25) is 5.91 Å². The van der Waals surface area contributed by atoms with Gasteiger partial charge in [-0.05, 0) is 29.9 Å². The minimum Gasteiger partial charge on any atom is -0.333 e. The average Bonchev–Trinajstić information content (AvgIpc) is 3.14. The molecule has 1 fully saturated rings. The molecule has 0 aliphatic carbocycles. The predicted octanol–water partition coefficient (Wildman–Crippen LogP) is 3.98. The van der Waals surface area contributed by atoms with Crippen LogP contribution in [-0.2, 0) is 17.9 Å². The Bertz CT molecular complexity index is 624. The topological polar surface area (TPSA) is 23.6 Å². The van der Waals surface area contributed by atoms with E-state index in [0.717, 1.165) is 32.5 Å². The molecule has 1 amide bonds. The fourth-order valence-corrected chi connectivity index (χ4v) is 4.16. The molecule has 5 heteroatoms. The predicted molar refractivity (Wildman–Crippen MR) is 100 cm³/mol. The van der Waals surface area contributed by atoms with E-state index >= 15 is 0 Å². The largest absolute Gasteiger partial charge is 0.333 e. The molecule has 1 aromatic heterocycles. The second-order valence-electron chi connectivity index (χ2n) is 6.23. The molecule has 0 atom stereocenters. The van der Waals surface area contributed by atoms with E-state index in [1.54, 1.807) is 11.3 Å². The molecule has 1 saturated heterocycles. The number of carbonyl (C=O) groups excluding carboxylic acids is 1. The number of rotatable bonds is 6. The van der Waals surface area contributed by atoms with E-state index in [1.165, 1.54) is 10.4 Å². The van der Waals surface area contributed by atoms with Crippen molar-refractivity contribution in [1.29, 1.82) is 0 Å².